The summed E-state index contributed by atoms with van der Waals surface area (Å²) in [5.74, 6) is 0. The first-order chi connectivity index (χ1) is 27.0. The van der Waals surface area contributed by atoms with E-state index in [2.05, 4.69) is 4.98 Å². The molecule has 8 heteroatoms. The van der Waals surface area contributed by atoms with Crippen molar-refractivity contribution in [1.82, 2.24) is 9.55 Å². The molecule has 4 unspecified atom stereocenters. The van der Waals surface area contributed by atoms with Gasteiger partial charge in [-0.1, -0.05) is 182 Å². The number of benzene rings is 6. The maximum atomic E-state index is 13.5. The second-order valence-electron chi connectivity index (χ2n) is 13.5. The monoisotopic (exact) mass is 728 g/mol. The molecule has 0 aliphatic carbocycles. The summed E-state index contributed by atoms with van der Waals surface area (Å²) >= 11 is 0. The van der Waals surface area contributed by atoms with E-state index in [-0.39, 0.29) is 6.61 Å². The molecule has 0 amide bonds. The molecule has 55 heavy (non-hydrogen) atoms. The van der Waals surface area contributed by atoms with Crippen LogP contribution in [0.2, 0.25) is 0 Å². The first-order valence-electron chi connectivity index (χ1n) is 18.3. The number of aliphatic hydroxyl groups is 1. The number of hydrogen-bond acceptors (Lipinski definition) is 6. The van der Waals surface area contributed by atoms with Crippen molar-refractivity contribution in [2.24, 2.45) is 0 Å². The quantitative estimate of drug-likeness (QED) is 0.129. The Morgan fingerprint density at radius 1 is 0.545 bits per heavy atom. The lowest BCUT2D eigenvalue weighted by atomic mass is 9.79. The van der Waals surface area contributed by atoms with Gasteiger partial charge in [-0.05, 0) is 33.4 Å². The Kier molecular flexibility index (Phi) is 10.2. The van der Waals surface area contributed by atoms with Gasteiger partial charge >= 0.3 is 5.69 Å². The standard InChI is InChI=1S/C47H40N2O6/c50-41-31-32-49(45(52)48-41)44-43(55-47(37-25-13-4-14-26-37,38-27-15-5-16-28-38)39-29-17-6-18-30-39)42(51)40(54-44)33-53-46(34-19-7-1-8-20-34,35-21-9-2-10-22-35)36-23-11-3-12-24-36/h1-32,40,42-44,51H,33H2,(H,48,50,52). The summed E-state index contributed by atoms with van der Waals surface area (Å²) in [4.78, 5) is 28.1. The molecule has 1 aromatic heterocycles. The number of hydrogen-bond donors (Lipinski definition) is 2. The Hall–Kier alpha value is -6.16. The van der Waals surface area contributed by atoms with Crippen LogP contribution in [-0.2, 0) is 25.4 Å². The van der Waals surface area contributed by atoms with Gasteiger partial charge in [0.05, 0.1) is 6.61 Å². The zero-order valence-corrected chi connectivity index (χ0v) is 29.9. The lowest BCUT2D eigenvalue weighted by Crippen LogP contribution is -2.46. The van der Waals surface area contributed by atoms with Crippen LogP contribution >= 0.6 is 0 Å². The Morgan fingerprint density at radius 2 is 0.909 bits per heavy atom. The van der Waals surface area contributed by atoms with Crippen molar-refractivity contribution in [3.05, 3.63) is 248 Å². The molecule has 2 heterocycles. The molecule has 1 fully saturated rings. The summed E-state index contributed by atoms with van der Waals surface area (Å²) < 4.78 is 22.4. The molecule has 6 aromatic carbocycles. The first-order valence-corrected chi connectivity index (χ1v) is 18.3. The van der Waals surface area contributed by atoms with Gasteiger partial charge in [0.2, 0.25) is 0 Å². The molecule has 4 atom stereocenters. The summed E-state index contributed by atoms with van der Waals surface area (Å²) in [6, 6.07) is 60.5. The molecular formula is C47H40N2O6. The SMILES string of the molecule is O=c1ccn(C2OC(COC(c3ccccc3)(c3ccccc3)c3ccccc3)C(O)C2OC(c2ccccc2)(c2ccccc2)c2ccccc2)c(=O)[nH]1. The Balaban J connectivity index is 1.26. The molecule has 274 valence electrons. The normalized spacial score (nSPS) is 18.6. The van der Waals surface area contributed by atoms with Gasteiger partial charge in [-0.3, -0.25) is 14.3 Å². The minimum atomic E-state index is -1.31. The summed E-state index contributed by atoms with van der Waals surface area (Å²) in [6.45, 7) is -0.0939. The minimum Gasteiger partial charge on any atom is -0.387 e. The van der Waals surface area contributed by atoms with Crippen molar-refractivity contribution in [1.29, 1.82) is 0 Å². The van der Waals surface area contributed by atoms with E-state index in [9.17, 15) is 14.7 Å². The van der Waals surface area contributed by atoms with Crippen LogP contribution < -0.4 is 11.2 Å². The van der Waals surface area contributed by atoms with Gasteiger partial charge in [-0.25, -0.2) is 4.79 Å². The number of nitrogens with one attached hydrogen (secondary N) is 1. The van der Waals surface area contributed by atoms with Crippen LogP contribution in [0.4, 0.5) is 0 Å². The van der Waals surface area contributed by atoms with Crippen LogP contribution in [0.1, 0.15) is 39.6 Å². The summed E-state index contributed by atoms with van der Waals surface area (Å²) in [6.07, 6.45) is -3.22. The second-order valence-corrected chi connectivity index (χ2v) is 13.5. The number of ether oxygens (including phenoxy) is 3. The van der Waals surface area contributed by atoms with Crippen LogP contribution in [0.5, 0.6) is 0 Å². The number of H-pyrrole nitrogens is 1. The third-order valence-electron chi connectivity index (χ3n) is 10.3. The fraction of sp³-hybridized carbons (Fsp3) is 0.149. The molecule has 2 N–H and O–H groups in total. The molecule has 0 spiro atoms. The van der Waals surface area contributed by atoms with Crippen LogP contribution in [0.15, 0.2) is 204 Å². The van der Waals surface area contributed by atoms with E-state index < -0.39 is 47.0 Å². The maximum absolute atomic E-state index is 13.5. The van der Waals surface area contributed by atoms with E-state index in [0.29, 0.717) is 0 Å². The van der Waals surface area contributed by atoms with Gasteiger partial charge in [-0.2, -0.15) is 0 Å². The summed E-state index contributed by atoms with van der Waals surface area (Å²) in [5, 5.41) is 12.5. The average molecular weight is 729 g/mol. The van der Waals surface area contributed by atoms with Crippen LogP contribution in [0, 0.1) is 0 Å². The molecule has 0 bridgehead atoms. The third kappa shape index (κ3) is 6.77. The van der Waals surface area contributed by atoms with Gasteiger partial charge in [-0.15, -0.1) is 0 Å². The van der Waals surface area contributed by atoms with Gasteiger partial charge < -0.3 is 19.3 Å². The highest BCUT2D eigenvalue weighted by Gasteiger charge is 2.52. The highest BCUT2D eigenvalue weighted by atomic mass is 16.6. The Bertz CT molecular complexity index is 2210. The minimum absolute atomic E-state index is 0.0939. The van der Waals surface area contributed by atoms with Gasteiger partial charge in [0.1, 0.15) is 29.5 Å². The van der Waals surface area contributed by atoms with E-state index in [4.69, 9.17) is 14.2 Å². The zero-order valence-electron chi connectivity index (χ0n) is 29.9. The van der Waals surface area contributed by atoms with Crippen molar-refractivity contribution < 1.29 is 19.3 Å². The Labute approximate surface area is 318 Å². The average Bonchev–Trinajstić information content (AvgIpc) is 3.55. The van der Waals surface area contributed by atoms with Gasteiger partial charge in [0.25, 0.3) is 5.56 Å². The maximum Gasteiger partial charge on any atom is 0.330 e. The van der Waals surface area contributed by atoms with Crippen molar-refractivity contribution in [3.8, 4) is 0 Å². The molecule has 1 saturated heterocycles. The van der Waals surface area contributed by atoms with Crippen LogP contribution in [0.3, 0.4) is 0 Å². The molecule has 0 radical (unpaired) electrons. The van der Waals surface area contributed by atoms with E-state index in [0.717, 1.165) is 33.4 Å². The Morgan fingerprint density at radius 3 is 1.27 bits per heavy atom. The second kappa shape index (κ2) is 15.7. The summed E-state index contributed by atoms with van der Waals surface area (Å²) in [7, 11) is 0. The number of aliphatic hydroxyl groups excluding tert-OH is 1. The van der Waals surface area contributed by atoms with E-state index in [1.807, 2.05) is 182 Å². The number of nitrogens with zero attached hydrogens (tertiary/aromatic N) is 1. The van der Waals surface area contributed by atoms with Crippen LogP contribution in [-0.4, -0.2) is 39.6 Å². The molecule has 7 aromatic rings. The first kappa shape index (κ1) is 35.8. The molecule has 8 rings (SSSR count). The van der Waals surface area contributed by atoms with Crippen LogP contribution in [0.25, 0.3) is 0 Å². The van der Waals surface area contributed by atoms with E-state index in [1.165, 1.54) is 16.8 Å². The lowest BCUT2D eigenvalue weighted by molar-refractivity contribution is -0.125. The van der Waals surface area contributed by atoms with Crippen molar-refractivity contribution in [2.45, 2.75) is 35.7 Å². The van der Waals surface area contributed by atoms with Crippen molar-refractivity contribution in [3.63, 3.8) is 0 Å². The highest BCUT2D eigenvalue weighted by Crippen LogP contribution is 2.46. The lowest BCUT2D eigenvalue weighted by Gasteiger charge is -2.40. The largest absolute Gasteiger partial charge is 0.387 e. The topological polar surface area (TPSA) is 103 Å². The fourth-order valence-corrected chi connectivity index (χ4v) is 7.74. The summed E-state index contributed by atoms with van der Waals surface area (Å²) in [5.41, 5.74) is 1.47. The fourth-order valence-electron chi connectivity index (χ4n) is 7.74. The molecule has 0 saturated carbocycles. The zero-order chi connectivity index (χ0) is 37.7. The van der Waals surface area contributed by atoms with Crippen molar-refractivity contribution >= 4 is 0 Å². The van der Waals surface area contributed by atoms with Gasteiger partial charge in [0, 0.05) is 12.3 Å². The molecule has 1 aliphatic heterocycles. The molecule has 1 aliphatic rings. The molecular weight excluding hydrogens is 689 g/mol. The highest BCUT2D eigenvalue weighted by molar-refractivity contribution is 5.49. The predicted molar refractivity (Wildman–Crippen MR) is 210 cm³/mol. The smallest absolute Gasteiger partial charge is 0.330 e. The number of rotatable bonds is 12. The van der Waals surface area contributed by atoms with Gasteiger partial charge in [0.15, 0.2) is 6.23 Å². The predicted octanol–water partition coefficient (Wildman–Crippen LogP) is 7.18. The number of aromatic amines is 1. The van der Waals surface area contributed by atoms with Crippen molar-refractivity contribution in [2.75, 3.05) is 6.61 Å². The molecule has 8 nitrogen and oxygen atoms in total. The number of aromatic nitrogens is 2. The van der Waals surface area contributed by atoms with E-state index in [1.54, 1.807) is 0 Å². The third-order valence-corrected chi connectivity index (χ3v) is 10.3. The van der Waals surface area contributed by atoms with E-state index >= 15 is 0 Å².